The monoisotopic (exact) mass is 321 g/mol. The molecule has 4 rings (SSSR count). The second-order valence-electron chi connectivity index (χ2n) is 5.18. The van der Waals surface area contributed by atoms with Gasteiger partial charge in [0.1, 0.15) is 0 Å². The van der Waals surface area contributed by atoms with E-state index in [4.69, 9.17) is 11.6 Å². The minimum absolute atomic E-state index is 0.183. The van der Waals surface area contributed by atoms with E-state index in [0.29, 0.717) is 16.4 Å². The topological polar surface area (TPSA) is 39.3 Å². The molecular weight excluding hydrogens is 310 g/mol. The number of hydrogen-bond acceptors (Lipinski definition) is 2. The van der Waals surface area contributed by atoms with Crippen molar-refractivity contribution in [2.75, 3.05) is 0 Å². The first-order chi connectivity index (χ1) is 11.2. The van der Waals surface area contributed by atoms with Crippen LogP contribution < -0.4 is 5.56 Å². The van der Waals surface area contributed by atoms with Crippen LogP contribution in [0.25, 0.3) is 22.6 Å². The van der Waals surface area contributed by atoms with E-state index in [1.165, 1.54) is 0 Å². The van der Waals surface area contributed by atoms with Gasteiger partial charge in [0, 0.05) is 29.2 Å². The molecule has 0 atom stereocenters. The number of halogens is 1. The zero-order chi connectivity index (χ0) is 15.8. The molecule has 0 bridgehead atoms. The molecule has 4 aromatic rings. The Morgan fingerprint density at radius 1 is 0.957 bits per heavy atom. The van der Waals surface area contributed by atoms with Crippen molar-refractivity contribution in [1.82, 2.24) is 14.0 Å². The predicted octanol–water partition coefficient (Wildman–Crippen LogP) is 3.81. The Bertz CT molecular complexity index is 1050. The smallest absolute Gasteiger partial charge is 0.298 e. The van der Waals surface area contributed by atoms with Gasteiger partial charge >= 0.3 is 0 Å². The van der Waals surface area contributed by atoms with Crippen molar-refractivity contribution < 1.29 is 0 Å². The summed E-state index contributed by atoms with van der Waals surface area (Å²) >= 11 is 6.01. The molecule has 0 aliphatic heterocycles. The van der Waals surface area contributed by atoms with Gasteiger partial charge in [0.05, 0.1) is 11.4 Å². The zero-order valence-electron chi connectivity index (χ0n) is 12.1. The molecule has 0 saturated heterocycles. The lowest BCUT2D eigenvalue weighted by Gasteiger charge is -2.05. The fraction of sp³-hybridized carbons (Fsp3) is 0. The third kappa shape index (κ3) is 2.43. The number of aromatic nitrogens is 3. The number of benzene rings is 2. The van der Waals surface area contributed by atoms with Crippen LogP contribution in [0.1, 0.15) is 0 Å². The van der Waals surface area contributed by atoms with E-state index >= 15 is 0 Å². The van der Waals surface area contributed by atoms with Gasteiger partial charge in [-0.05, 0) is 18.2 Å². The van der Waals surface area contributed by atoms with E-state index in [0.717, 1.165) is 11.3 Å². The molecule has 0 amide bonds. The first-order valence-electron chi connectivity index (χ1n) is 7.14. The van der Waals surface area contributed by atoms with Crippen molar-refractivity contribution >= 4 is 17.2 Å². The van der Waals surface area contributed by atoms with Gasteiger partial charge in [0.25, 0.3) is 5.56 Å². The van der Waals surface area contributed by atoms with E-state index < -0.39 is 0 Å². The number of hydrogen-bond donors (Lipinski definition) is 0. The SMILES string of the molecule is O=c1c2nc(-c3ccccc3)cn2ccn1-c1cccc(Cl)c1. The molecule has 2 aromatic carbocycles. The Kier molecular flexibility index (Phi) is 3.24. The number of fused-ring (bicyclic) bond motifs is 1. The van der Waals surface area contributed by atoms with Crippen molar-refractivity contribution in [2.45, 2.75) is 0 Å². The summed E-state index contributed by atoms with van der Waals surface area (Å²) in [5.74, 6) is 0. The van der Waals surface area contributed by atoms with Gasteiger partial charge in [-0.3, -0.25) is 9.36 Å². The summed E-state index contributed by atoms with van der Waals surface area (Å²) in [4.78, 5) is 17.2. The maximum absolute atomic E-state index is 12.7. The predicted molar refractivity (Wildman–Crippen MR) is 91.2 cm³/mol. The quantitative estimate of drug-likeness (QED) is 0.563. The fourth-order valence-electron chi connectivity index (χ4n) is 2.56. The molecule has 0 unspecified atom stereocenters. The van der Waals surface area contributed by atoms with Crippen LogP contribution in [0, 0.1) is 0 Å². The Balaban J connectivity index is 1.91. The number of rotatable bonds is 2. The zero-order valence-corrected chi connectivity index (χ0v) is 12.8. The molecule has 112 valence electrons. The van der Waals surface area contributed by atoms with Crippen molar-refractivity contribution in [1.29, 1.82) is 0 Å². The molecule has 2 aromatic heterocycles. The summed E-state index contributed by atoms with van der Waals surface area (Å²) in [5, 5.41) is 0.586. The molecule has 0 N–H and O–H groups in total. The molecule has 4 nitrogen and oxygen atoms in total. The molecule has 0 radical (unpaired) electrons. The summed E-state index contributed by atoms with van der Waals surface area (Å²) in [7, 11) is 0. The average Bonchev–Trinajstić information content (AvgIpc) is 3.01. The van der Waals surface area contributed by atoms with E-state index in [-0.39, 0.29) is 5.56 Å². The lowest BCUT2D eigenvalue weighted by molar-refractivity contribution is 0.950. The molecule has 0 spiro atoms. The highest BCUT2D eigenvalue weighted by molar-refractivity contribution is 6.30. The van der Waals surface area contributed by atoms with Crippen LogP contribution in [0.15, 0.2) is 78.0 Å². The Labute approximate surface area is 137 Å². The Morgan fingerprint density at radius 3 is 2.57 bits per heavy atom. The van der Waals surface area contributed by atoms with Crippen LogP contribution >= 0.6 is 11.6 Å². The molecule has 0 fully saturated rings. The van der Waals surface area contributed by atoms with Gasteiger partial charge < -0.3 is 4.40 Å². The van der Waals surface area contributed by atoms with Crippen LogP contribution in [-0.2, 0) is 0 Å². The van der Waals surface area contributed by atoms with Crippen molar-refractivity contribution in [2.24, 2.45) is 0 Å². The third-order valence-corrected chi connectivity index (χ3v) is 3.91. The lowest BCUT2D eigenvalue weighted by atomic mass is 10.2. The van der Waals surface area contributed by atoms with Gasteiger partial charge in [0.2, 0.25) is 5.65 Å². The molecular formula is C18H12ClN3O. The largest absolute Gasteiger partial charge is 0.300 e. The average molecular weight is 322 g/mol. The fourth-order valence-corrected chi connectivity index (χ4v) is 2.74. The standard InChI is InChI=1S/C18H12ClN3O/c19-14-7-4-8-15(11-14)22-10-9-21-12-16(20-17(21)18(22)23)13-5-2-1-3-6-13/h1-12H. The summed E-state index contributed by atoms with van der Waals surface area (Å²) in [6.07, 6.45) is 5.39. The van der Waals surface area contributed by atoms with E-state index in [1.807, 2.05) is 54.9 Å². The molecule has 0 aliphatic rings. The first-order valence-corrected chi connectivity index (χ1v) is 7.52. The van der Waals surface area contributed by atoms with Crippen LogP contribution in [0.2, 0.25) is 5.02 Å². The van der Waals surface area contributed by atoms with Gasteiger partial charge in [0.15, 0.2) is 0 Å². The van der Waals surface area contributed by atoms with Crippen LogP contribution in [-0.4, -0.2) is 14.0 Å². The van der Waals surface area contributed by atoms with E-state index in [9.17, 15) is 4.79 Å². The summed E-state index contributed by atoms with van der Waals surface area (Å²) in [6.45, 7) is 0. The highest BCUT2D eigenvalue weighted by atomic mass is 35.5. The van der Waals surface area contributed by atoms with Crippen molar-refractivity contribution in [3.63, 3.8) is 0 Å². The minimum atomic E-state index is -0.183. The normalized spacial score (nSPS) is 11.0. The lowest BCUT2D eigenvalue weighted by Crippen LogP contribution is -2.19. The highest BCUT2D eigenvalue weighted by Gasteiger charge is 2.10. The molecule has 23 heavy (non-hydrogen) atoms. The van der Waals surface area contributed by atoms with Crippen molar-refractivity contribution in [3.05, 3.63) is 88.6 Å². The maximum Gasteiger partial charge on any atom is 0.298 e. The Hall–Kier alpha value is -2.85. The van der Waals surface area contributed by atoms with Crippen LogP contribution in [0.3, 0.4) is 0 Å². The van der Waals surface area contributed by atoms with Gasteiger partial charge in [-0.1, -0.05) is 48.0 Å². The van der Waals surface area contributed by atoms with Gasteiger partial charge in [-0.2, -0.15) is 0 Å². The number of nitrogens with zero attached hydrogens (tertiary/aromatic N) is 3. The minimum Gasteiger partial charge on any atom is -0.300 e. The number of imidazole rings is 1. The van der Waals surface area contributed by atoms with Gasteiger partial charge in [-0.15, -0.1) is 0 Å². The Morgan fingerprint density at radius 2 is 1.78 bits per heavy atom. The third-order valence-electron chi connectivity index (χ3n) is 3.67. The molecule has 0 saturated carbocycles. The van der Waals surface area contributed by atoms with Gasteiger partial charge in [-0.25, -0.2) is 4.98 Å². The van der Waals surface area contributed by atoms with Crippen LogP contribution in [0.5, 0.6) is 0 Å². The first kappa shape index (κ1) is 13.8. The highest BCUT2D eigenvalue weighted by Crippen LogP contribution is 2.18. The summed E-state index contributed by atoms with van der Waals surface area (Å²) in [5.41, 5.74) is 2.66. The molecule has 0 aliphatic carbocycles. The van der Waals surface area contributed by atoms with E-state index in [2.05, 4.69) is 4.98 Å². The van der Waals surface area contributed by atoms with E-state index in [1.54, 1.807) is 27.3 Å². The maximum atomic E-state index is 12.7. The second kappa shape index (κ2) is 5.41. The summed E-state index contributed by atoms with van der Waals surface area (Å²) in [6, 6.07) is 17.0. The second-order valence-corrected chi connectivity index (χ2v) is 5.61. The van der Waals surface area contributed by atoms with Crippen LogP contribution in [0.4, 0.5) is 0 Å². The summed E-state index contributed by atoms with van der Waals surface area (Å²) < 4.78 is 3.29. The molecule has 5 heteroatoms. The van der Waals surface area contributed by atoms with Crippen molar-refractivity contribution in [3.8, 4) is 16.9 Å². The molecule has 2 heterocycles.